The van der Waals surface area contributed by atoms with E-state index in [9.17, 15) is 9.90 Å². The van der Waals surface area contributed by atoms with Gasteiger partial charge >= 0.3 is 5.97 Å². The smallest absolute Gasteiger partial charge is 0.337 e. The topological polar surface area (TPSA) is 73.3 Å². The molecule has 0 saturated heterocycles. The maximum atomic E-state index is 10.6. The van der Waals surface area contributed by atoms with Gasteiger partial charge in [0.15, 0.2) is 6.10 Å². The van der Waals surface area contributed by atoms with Crippen LogP contribution in [-0.2, 0) is 4.79 Å². The fourth-order valence-corrected chi connectivity index (χ4v) is 1.84. The second kappa shape index (κ2) is 3.67. The summed E-state index contributed by atoms with van der Waals surface area (Å²) < 4.78 is 0.896. The first kappa shape index (κ1) is 10.2. The minimum Gasteiger partial charge on any atom is -0.479 e. The standard InChI is InChI=1S/C10H8BrNO3/c11-5-1-2-6-7(9(13)10(14)15)4-12-8(6)3-5/h1-4,9,12-13H,(H,14,15). The molecule has 1 atom stereocenters. The zero-order valence-electron chi connectivity index (χ0n) is 7.57. The summed E-state index contributed by atoms with van der Waals surface area (Å²) in [6, 6.07) is 5.39. The molecule has 1 unspecified atom stereocenters. The number of aliphatic carboxylic acids is 1. The highest BCUT2D eigenvalue weighted by molar-refractivity contribution is 9.10. The molecular formula is C10H8BrNO3. The highest BCUT2D eigenvalue weighted by atomic mass is 79.9. The fourth-order valence-electron chi connectivity index (χ4n) is 1.48. The van der Waals surface area contributed by atoms with Crippen LogP contribution in [0.1, 0.15) is 11.7 Å². The molecule has 4 nitrogen and oxygen atoms in total. The number of carboxylic acid groups (broad SMARTS) is 1. The number of carbonyl (C=O) groups is 1. The number of hydrogen-bond donors (Lipinski definition) is 3. The SMILES string of the molecule is O=C(O)C(O)c1c[nH]c2cc(Br)ccc12. The van der Waals surface area contributed by atoms with E-state index in [4.69, 9.17) is 5.11 Å². The van der Waals surface area contributed by atoms with Crippen molar-refractivity contribution >= 4 is 32.8 Å². The summed E-state index contributed by atoms with van der Waals surface area (Å²) in [6.45, 7) is 0. The third-order valence-electron chi connectivity index (χ3n) is 2.20. The van der Waals surface area contributed by atoms with Gasteiger partial charge in [-0.15, -0.1) is 0 Å². The minimum absolute atomic E-state index is 0.380. The van der Waals surface area contributed by atoms with E-state index in [1.807, 2.05) is 6.07 Å². The Balaban J connectivity index is 2.59. The van der Waals surface area contributed by atoms with Crippen LogP contribution in [0.2, 0.25) is 0 Å². The van der Waals surface area contributed by atoms with Crippen molar-refractivity contribution in [3.63, 3.8) is 0 Å². The molecule has 3 N–H and O–H groups in total. The van der Waals surface area contributed by atoms with E-state index in [1.165, 1.54) is 6.20 Å². The second-order valence-corrected chi connectivity index (χ2v) is 4.09. The number of aromatic nitrogens is 1. The molecule has 1 aromatic carbocycles. The van der Waals surface area contributed by atoms with Gasteiger partial charge in [-0.05, 0) is 12.1 Å². The van der Waals surface area contributed by atoms with Crippen molar-refractivity contribution in [1.29, 1.82) is 0 Å². The van der Waals surface area contributed by atoms with E-state index < -0.39 is 12.1 Å². The number of fused-ring (bicyclic) bond motifs is 1. The molecule has 0 aliphatic carbocycles. The number of halogens is 1. The number of benzene rings is 1. The molecule has 0 amide bonds. The molecular weight excluding hydrogens is 262 g/mol. The molecule has 2 rings (SSSR count). The molecule has 78 valence electrons. The number of aliphatic hydroxyl groups excluding tert-OH is 1. The zero-order valence-corrected chi connectivity index (χ0v) is 9.15. The largest absolute Gasteiger partial charge is 0.479 e. The Bertz CT molecular complexity index is 520. The van der Waals surface area contributed by atoms with Crippen molar-refractivity contribution in [2.45, 2.75) is 6.10 Å². The number of aliphatic hydroxyl groups is 1. The lowest BCUT2D eigenvalue weighted by molar-refractivity contribution is -0.146. The second-order valence-electron chi connectivity index (χ2n) is 3.17. The third-order valence-corrected chi connectivity index (χ3v) is 2.70. The van der Waals surface area contributed by atoms with Crippen LogP contribution in [0, 0.1) is 0 Å². The van der Waals surface area contributed by atoms with Crippen LogP contribution in [0.3, 0.4) is 0 Å². The molecule has 0 fully saturated rings. The normalized spacial score (nSPS) is 12.9. The van der Waals surface area contributed by atoms with Crippen LogP contribution >= 0.6 is 15.9 Å². The van der Waals surface area contributed by atoms with Crippen molar-refractivity contribution in [3.05, 3.63) is 34.4 Å². The van der Waals surface area contributed by atoms with E-state index in [0.29, 0.717) is 10.9 Å². The van der Waals surface area contributed by atoms with Crippen molar-refractivity contribution in [3.8, 4) is 0 Å². The van der Waals surface area contributed by atoms with E-state index in [1.54, 1.807) is 12.1 Å². The van der Waals surface area contributed by atoms with E-state index >= 15 is 0 Å². The van der Waals surface area contributed by atoms with Crippen LogP contribution in [0.4, 0.5) is 0 Å². The summed E-state index contributed by atoms with van der Waals surface area (Å²) in [5, 5.41) is 18.8. The monoisotopic (exact) mass is 269 g/mol. The average Bonchev–Trinajstić information content (AvgIpc) is 2.59. The van der Waals surface area contributed by atoms with Gasteiger partial charge in [-0.2, -0.15) is 0 Å². The first-order valence-corrected chi connectivity index (χ1v) is 5.06. The maximum Gasteiger partial charge on any atom is 0.337 e. The van der Waals surface area contributed by atoms with Gasteiger partial charge in [0, 0.05) is 27.1 Å². The molecule has 0 spiro atoms. The Morgan fingerprint density at radius 1 is 1.47 bits per heavy atom. The highest BCUT2D eigenvalue weighted by Gasteiger charge is 2.19. The van der Waals surface area contributed by atoms with Gasteiger partial charge in [-0.1, -0.05) is 22.0 Å². The average molecular weight is 270 g/mol. The summed E-state index contributed by atoms with van der Waals surface area (Å²) in [6.07, 6.45) is 0.0236. The Morgan fingerprint density at radius 3 is 2.87 bits per heavy atom. The zero-order chi connectivity index (χ0) is 11.0. The van der Waals surface area contributed by atoms with Crippen molar-refractivity contribution in [2.24, 2.45) is 0 Å². The van der Waals surface area contributed by atoms with E-state index in [-0.39, 0.29) is 0 Å². The molecule has 0 aliphatic rings. The van der Waals surface area contributed by atoms with E-state index in [0.717, 1.165) is 9.99 Å². The van der Waals surface area contributed by atoms with E-state index in [2.05, 4.69) is 20.9 Å². The fraction of sp³-hybridized carbons (Fsp3) is 0.100. The number of nitrogens with one attached hydrogen (secondary N) is 1. The van der Waals surface area contributed by atoms with Gasteiger partial charge < -0.3 is 15.2 Å². The van der Waals surface area contributed by atoms with Gasteiger partial charge in [0.25, 0.3) is 0 Å². The molecule has 15 heavy (non-hydrogen) atoms. The Kier molecular flexibility index (Phi) is 2.50. The highest BCUT2D eigenvalue weighted by Crippen LogP contribution is 2.26. The number of rotatable bonds is 2. The molecule has 0 bridgehead atoms. The lowest BCUT2D eigenvalue weighted by Gasteiger charge is -2.03. The summed E-state index contributed by atoms with van der Waals surface area (Å²) in [5.74, 6) is -1.25. The van der Waals surface area contributed by atoms with Crippen LogP contribution in [0.5, 0.6) is 0 Å². The van der Waals surface area contributed by atoms with Crippen LogP contribution in [-0.4, -0.2) is 21.2 Å². The van der Waals surface area contributed by atoms with Crippen LogP contribution in [0.25, 0.3) is 10.9 Å². The molecule has 0 radical (unpaired) electrons. The molecule has 2 aromatic rings. The number of carboxylic acids is 1. The maximum absolute atomic E-state index is 10.6. The number of H-pyrrole nitrogens is 1. The molecule has 0 saturated carbocycles. The summed E-state index contributed by atoms with van der Waals surface area (Å²) in [7, 11) is 0. The quantitative estimate of drug-likeness (QED) is 0.781. The first-order chi connectivity index (χ1) is 7.09. The first-order valence-electron chi connectivity index (χ1n) is 4.27. The minimum atomic E-state index is -1.49. The lowest BCUT2D eigenvalue weighted by atomic mass is 10.1. The van der Waals surface area contributed by atoms with Crippen molar-refractivity contribution in [1.82, 2.24) is 4.98 Å². The summed E-state index contributed by atoms with van der Waals surface area (Å²) >= 11 is 3.31. The van der Waals surface area contributed by atoms with Crippen LogP contribution in [0.15, 0.2) is 28.9 Å². The summed E-state index contributed by atoms with van der Waals surface area (Å²) in [5.41, 5.74) is 1.17. The third kappa shape index (κ3) is 1.75. The Morgan fingerprint density at radius 2 is 2.20 bits per heavy atom. The number of hydrogen-bond acceptors (Lipinski definition) is 2. The van der Waals surface area contributed by atoms with Gasteiger partial charge in [0.05, 0.1) is 0 Å². The Hall–Kier alpha value is -1.33. The predicted octanol–water partition coefficient (Wildman–Crippen LogP) is 2.05. The van der Waals surface area contributed by atoms with Gasteiger partial charge in [0.1, 0.15) is 0 Å². The van der Waals surface area contributed by atoms with Gasteiger partial charge in [-0.25, -0.2) is 4.79 Å². The van der Waals surface area contributed by atoms with Gasteiger partial charge in [-0.3, -0.25) is 0 Å². The molecule has 0 aliphatic heterocycles. The lowest BCUT2D eigenvalue weighted by Crippen LogP contribution is -2.09. The molecule has 5 heteroatoms. The van der Waals surface area contributed by atoms with Crippen LogP contribution < -0.4 is 0 Å². The number of aromatic amines is 1. The van der Waals surface area contributed by atoms with Crippen molar-refractivity contribution in [2.75, 3.05) is 0 Å². The molecule has 1 heterocycles. The summed E-state index contributed by atoms with van der Waals surface area (Å²) in [4.78, 5) is 13.5. The predicted molar refractivity (Wildman–Crippen MR) is 58.6 cm³/mol. The van der Waals surface area contributed by atoms with Crippen molar-refractivity contribution < 1.29 is 15.0 Å². The Labute approximate surface area is 93.7 Å². The molecule has 1 aromatic heterocycles. The van der Waals surface area contributed by atoms with Gasteiger partial charge in [0.2, 0.25) is 0 Å².